The zero-order valence-corrected chi connectivity index (χ0v) is 20.5. The van der Waals surface area contributed by atoms with Gasteiger partial charge in [-0.15, -0.1) is 0 Å². The maximum atomic E-state index is 13.1. The molecule has 3 heterocycles. The molecular weight excluding hydrogens is 467 g/mol. The largest absolute Gasteiger partial charge is 0.369 e. The fraction of sp³-hybridized carbons (Fsp3) is 0.207. The Hall–Kier alpha value is -4.48. The SMILES string of the molecule is CN1CCN(c2ccc(-c3cnc4[nH]cc(/C=C(\C#N)C(=O)NCc5ccc(F)cc5)c4c3)cc2)CC1. The van der Waals surface area contributed by atoms with Crippen molar-refractivity contribution in [3.05, 3.63) is 89.5 Å². The molecule has 1 saturated heterocycles. The van der Waals surface area contributed by atoms with Crippen molar-refractivity contribution in [3.8, 4) is 17.2 Å². The van der Waals surface area contributed by atoms with Gasteiger partial charge in [0, 0.05) is 67.3 Å². The summed E-state index contributed by atoms with van der Waals surface area (Å²) < 4.78 is 13.1. The number of pyridine rings is 1. The zero-order valence-electron chi connectivity index (χ0n) is 20.5. The lowest BCUT2D eigenvalue weighted by atomic mass is 10.0. The summed E-state index contributed by atoms with van der Waals surface area (Å²) in [6.07, 6.45) is 5.11. The third kappa shape index (κ3) is 5.52. The van der Waals surface area contributed by atoms with Crippen molar-refractivity contribution in [1.29, 1.82) is 5.26 Å². The molecule has 0 bridgehead atoms. The molecule has 2 aromatic carbocycles. The topological polar surface area (TPSA) is 88.0 Å². The normalized spacial score (nSPS) is 14.5. The summed E-state index contributed by atoms with van der Waals surface area (Å²) in [6.45, 7) is 4.34. The van der Waals surface area contributed by atoms with Crippen molar-refractivity contribution >= 4 is 28.7 Å². The monoisotopic (exact) mass is 494 g/mol. The highest BCUT2D eigenvalue weighted by atomic mass is 19.1. The average Bonchev–Trinajstić information content (AvgIpc) is 3.33. The number of fused-ring (bicyclic) bond motifs is 1. The first-order valence-corrected chi connectivity index (χ1v) is 12.2. The van der Waals surface area contributed by atoms with Crippen LogP contribution in [-0.4, -0.2) is 54.0 Å². The summed E-state index contributed by atoms with van der Waals surface area (Å²) in [4.78, 5) is 25.0. The number of carbonyl (C=O) groups excluding carboxylic acids is 1. The first-order chi connectivity index (χ1) is 18.0. The van der Waals surface area contributed by atoms with E-state index in [1.807, 2.05) is 18.3 Å². The number of likely N-dealkylation sites (N-methyl/N-ethyl adjacent to an activating group) is 1. The van der Waals surface area contributed by atoms with Crippen molar-refractivity contribution in [1.82, 2.24) is 20.2 Å². The summed E-state index contributed by atoms with van der Waals surface area (Å²) in [7, 11) is 2.15. The predicted octanol–water partition coefficient (Wildman–Crippen LogP) is 4.34. The smallest absolute Gasteiger partial charge is 0.262 e. The van der Waals surface area contributed by atoms with Crippen molar-refractivity contribution in [3.63, 3.8) is 0 Å². The van der Waals surface area contributed by atoms with E-state index >= 15 is 0 Å². The molecule has 0 atom stereocenters. The Morgan fingerprint density at radius 3 is 2.54 bits per heavy atom. The van der Waals surface area contributed by atoms with Crippen LogP contribution in [0.15, 0.2) is 72.6 Å². The summed E-state index contributed by atoms with van der Waals surface area (Å²) in [5.41, 5.74) is 5.30. The van der Waals surface area contributed by atoms with E-state index in [4.69, 9.17) is 0 Å². The number of rotatable bonds is 6. The molecule has 1 aliphatic heterocycles. The van der Waals surface area contributed by atoms with Crippen molar-refractivity contribution in [2.45, 2.75) is 6.54 Å². The molecule has 5 rings (SSSR count). The minimum absolute atomic E-state index is 0.0232. The number of H-pyrrole nitrogens is 1. The average molecular weight is 495 g/mol. The first kappa shape index (κ1) is 24.2. The third-order valence-corrected chi connectivity index (χ3v) is 6.66. The molecule has 1 fully saturated rings. The van der Waals surface area contributed by atoms with Gasteiger partial charge in [0.05, 0.1) is 0 Å². The third-order valence-electron chi connectivity index (χ3n) is 6.66. The summed E-state index contributed by atoms with van der Waals surface area (Å²) in [5.74, 6) is -0.837. The van der Waals surface area contributed by atoms with Crippen molar-refractivity contribution in [2.24, 2.45) is 0 Å². The number of nitrogens with one attached hydrogen (secondary N) is 2. The van der Waals surface area contributed by atoms with Crippen LogP contribution in [0.4, 0.5) is 10.1 Å². The molecule has 0 saturated carbocycles. The van der Waals surface area contributed by atoms with E-state index in [9.17, 15) is 14.4 Å². The van der Waals surface area contributed by atoms with Gasteiger partial charge in [-0.3, -0.25) is 4.79 Å². The predicted molar refractivity (Wildman–Crippen MR) is 143 cm³/mol. The molecule has 7 nitrogen and oxygen atoms in total. The number of benzene rings is 2. The van der Waals surface area contributed by atoms with Gasteiger partial charge in [0.25, 0.3) is 5.91 Å². The Labute approximate surface area is 214 Å². The fourth-order valence-electron chi connectivity index (χ4n) is 4.41. The van der Waals surface area contributed by atoms with Gasteiger partial charge >= 0.3 is 0 Å². The molecule has 2 aromatic heterocycles. The van der Waals surface area contributed by atoms with E-state index in [0.29, 0.717) is 11.2 Å². The lowest BCUT2D eigenvalue weighted by molar-refractivity contribution is -0.117. The summed E-state index contributed by atoms with van der Waals surface area (Å²) in [6, 6.07) is 18.3. The molecule has 4 aromatic rings. The van der Waals surface area contributed by atoms with Crippen LogP contribution >= 0.6 is 0 Å². The molecule has 0 aliphatic carbocycles. The number of piperazine rings is 1. The molecule has 8 heteroatoms. The van der Waals surface area contributed by atoms with Gasteiger partial charge in [-0.05, 0) is 54.6 Å². The summed E-state index contributed by atoms with van der Waals surface area (Å²) >= 11 is 0. The van der Waals surface area contributed by atoms with E-state index in [1.54, 1.807) is 24.4 Å². The number of nitriles is 1. The van der Waals surface area contributed by atoms with Gasteiger partial charge in [-0.25, -0.2) is 9.37 Å². The molecule has 186 valence electrons. The lowest BCUT2D eigenvalue weighted by Gasteiger charge is -2.34. The standard InChI is InChI=1S/C29H27FN6O/c1-35-10-12-36(13-11-35)26-8-4-21(5-9-26)23-15-27-24(19-33-28(27)32-18-23)14-22(16-31)29(37)34-17-20-2-6-25(30)7-3-20/h2-9,14-15,18-19H,10-13,17H2,1H3,(H,32,33)(H,34,37)/b22-14+. The van der Waals surface area contributed by atoms with Gasteiger partial charge < -0.3 is 20.1 Å². The highest BCUT2D eigenvalue weighted by Crippen LogP contribution is 2.28. The fourth-order valence-corrected chi connectivity index (χ4v) is 4.41. The van der Waals surface area contributed by atoms with Crippen LogP contribution in [0, 0.1) is 17.1 Å². The van der Waals surface area contributed by atoms with Crippen LogP contribution in [0.25, 0.3) is 28.2 Å². The number of aromatic amines is 1. The van der Waals surface area contributed by atoms with Gasteiger partial charge in [0.2, 0.25) is 0 Å². The quantitative estimate of drug-likeness (QED) is 0.308. The van der Waals surface area contributed by atoms with Gasteiger partial charge in [-0.1, -0.05) is 24.3 Å². The number of anilines is 1. The van der Waals surface area contributed by atoms with Crippen LogP contribution in [0.5, 0.6) is 0 Å². The molecular formula is C29H27FN6O. The minimum atomic E-state index is -0.496. The molecule has 2 N–H and O–H groups in total. The van der Waals surface area contributed by atoms with Crippen molar-refractivity contribution < 1.29 is 9.18 Å². The Morgan fingerprint density at radius 2 is 1.84 bits per heavy atom. The number of carbonyl (C=O) groups is 1. The van der Waals surface area contributed by atoms with Gasteiger partial charge in [0.15, 0.2) is 0 Å². The molecule has 1 amide bonds. The van der Waals surface area contributed by atoms with E-state index in [2.05, 4.69) is 56.4 Å². The molecule has 37 heavy (non-hydrogen) atoms. The number of aromatic nitrogens is 2. The molecule has 0 spiro atoms. The molecule has 1 aliphatic rings. The number of halogens is 1. The number of amides is 1. The molecule has 0 radical (unpaired) electrons. The maximum absolute atomic E-state index is 13.1. The number of hydrogen-bond acceptors (Lipinski definition) is 5. The second-order valence-corrected chi connectivity index (χ2v) is 9.18. The maximum Gasteiger partial charge on any atom is 0.262 e. The molecule has 0 unspecified atom stereocenters. The highest BCUT2D eigenvalue weighted by molar-refractivity contribution is 6.04. The van der Waals surface area contributed by atoms with Crippen LogP contribution in [0.2, 0.25) is 0 Å². The Bertz CT molecular complexity index is 1480. The van der Waals surface area contributed by atoms with E-state index < -0.39 is 5.91 Å². The number of nitrogens with zero attached hydrogens (tertiary/aromatic N) is 4. The van der Waals surface area contributed by atoms with E-state index in [0.717, 1.165) is 48.3 Å². The van der Waals surface area contributed by atoms with E-state index in [-0.39, 0.29) is 17.9 Å². The second kappa shape index (κ2) is 10.6. The zero-order chi connectivity index (χ0) is 25.8. The first-order valence-electron chi connectivity index (χ1n) is 12.2. The van der Waals surface area contributed by atoms with Crippen LogP contribution in [0.3, 0.4) is 0 Å². The lowest BCUT2D eigenvalue weighted by Crippen LogP contribution is -2.44. The second-order valence-electron chi connectivity index (χ2n) is 9.18. The van der Waals surface area contributed by atoms with Crippen molar-refractivity contribution in [2.75, 3.05) is 38.1 Å². The van der Waals surface area contributed by atoms with Crippen LogP contribution < -0.4 is 10.2 Å². The van der Waals surface area contributed by atoms with E-state index in [1.165, 1.54) is 17.8 Å². The van der Waals surface area contributed by atoms with Gasteiger partial charge in [-0.2, -0.15) is 5.26 Å². The number of hydrogen-bond donors (Lipinski definition) is 2. The Balaban J connectivity index is 1.34. The van der Waals surface area contributed by atoms with Gasteiger partial charge in [0.1, 0.15) is 23.1 Å². The Kier molecular flexibility index (Phi) is 6.97. The van der Waals surface area contributed by atoms with Crippen LogP contribution in [-0.2, 0) is 11.3 Å². The Morgan fingerprint density at radius 1 is 1.11 bits per heavy atom. The van der Waals surface area contributed by atoms with Crippen LogP contribution in [0.1, 0.15) is 11.1 Å². The highest BCUT2D eigenvalue weighted by Gasteiger charge is 2.15. The minimum Gasteiger partial charge on any atom is -0.369 e. The summed E-state index contributed by atoms with van der Waals surface area (Å²) in [5, 5.41) is 13.2.